The SMILES string of the molecule is COc1ccc(C)c(Nc2ncc(C(N)=O)c(Nc3ccccc3)n2)c1. The van der Waals surface area contributed by atoms with Crippen LogP contribution in [0.4, 0.5) is 23.1 Å². The quantitative estimate of drug-likeness (QED) is 0.630. The molecule has 0 aliphatic carbocycles. The summed E-state index contributed by atoms with van der Waals surface area (Å²) in [6.45, 7) is 1.96. The predicted octanol–water partition coefficient (Wildman–Crippen LogP) is 3.38. The van der Waals surface area contributed by atoms with E-state index in [0.717, 1.165) is 22.7 Å². The molecule has 0 saturated carbocycles. The van der Waals surface area contributed by atoms with Gasteiger partial charge in [-0.05, 0) is 30.7 Å². The fraction of sp³-hybridized carbons (Fsp3) is 0.105. The van der Waals surface area contributed by atoms with Crippen LogP contribution in [0.15, 0.2) is 54.7 Å². The van der Waals surface area contributed by atoms with E-state index in [1.54, 1.807) is 7.11 Å². The zero-order chi connectivity index (χ0) is 18.5. The van der Waals surface area contributed by atoms with E-state index in [1.807, 2.05) is 55.5 Å². The number of benzene rings is 2. The van der Waals surface area contributed by atoms with Crippen molar-refractivity contribution >= 4 is 29.0 Å². The smallest absolute Gasteiger partial charge is 0.254 e. The van der Waals surface area contributed by atoms with E-state index < -0.39 is 5.91 Å². The average Bonchev–Trinajstić information content (AvgIpc) is 2.64. The molecule has 3 rings (SSSR count). The molecule has 2 aromatic carbocycles. The van der Waals surface area contributed by atoms with Crippen LogP contribution in [0, 0.1) is 6.92 Å². The van der Waals surface area contributed by atoms with Crippen LogP contribution in [-0.2, 0) is 0 Å². The van der Waals surface area contributed by atoms with Gasteiger partial charge in [0.1, 0.15) is 17.1 Å². The van der Waals surface area contributed by atoms with Crippen LogP contribution in [0.1, 0.15) is 15.9 Å². The summed E-state index contributed by atoms with van der Waals surface area (Å²) in [6, 6.07) is 15.1. The Kier molecular flexibility index (Phi) is 4.98. The Hall–Kier alpha value is -3.61. The number of carbonyl (C=O) groups excluding carboxylic acids is 1. The van der Waals surface area contributed by atoms with Crippen molar-refractivity contribution in [1.82, 2.24) is 9.97 Å². The van der Waals surface area contributed by atoms with Gasteiger partial charge in [-0.1, -0.05) is 24.3 Å². The number of nitrogens with one attached hydrogen (secondary N) is 2. The third kappa shape index (κ3) is 3.89. The van der Waals surface area contributed by atoms with Crippen molar-refractivity contribution in [3.05, 3.63) is 65.9 Å². The Morgan fingerprint density at radius 3 is 2.58 bits per heavy atom. The molecule has 132 valence electrons. The molecule has 1 amide bonds. The standard InChI is InChI=1S/C19H19N5O2/c1-12-8-9-14(26-2)10-16(12)23-19-21-11-15(17(20)25)18(24-19)22-13-6-4-3-5-7-13/h3-11H,1-2H3,(H2,20,25)(H2,21,22,23,24). The third-order valence-electron chi connectivity index (χ3n) is 3.78. The number of primary amides is 1. The second kappa shape index (κ2) is 7.52. The fourth-order valence-electron chi connectivity index (χ4n) is 2.36. The molecule has 4 N–H and O–H groups in total. The average molecular weight is 349 g/mol. The molecule has 0 bridgehead atoms. The van der Waals surface area contributed by atoms with Gasteiger partial charge in [0.05, 0.1) is 7.11 Å². The highest BCUT2D eigenvalue weighted by atomic mass is 16.5. The van der Waals surface area contributed by atoms with E-state index in [9.17, 15) is 4.79 Å². The van der Waals surface area contributed by atoms with Gasteiger partial charge in [0.25, 0.3) is 5.91 Å². The molecule has 0 spiro atoms. The van der Waals surface area contributed by atoms with Crippen molar-refractivity contribution in [2.45, 2.75) is 6.92 Å². The van der Waals surface area contributed by atoms with E-state index in [4.69, 9.17) is 10.5 Å². The molecule has 7 heteroatoms. The largest absolute Gasteiger partial charge is 0.497 e. The maximum absolute atomic E-state index is 11.7. The van der Waals surface area contributed by atoms with Crippen molar-refractivity contribution in [2.75, 3.05) is 17.7 Å². The Balaban J connectivity index is 1.94. The minimum absolute atomic E-state index is 0.210. The summed E-state index contributed by atoms with van der Waals surface area (Å²) < 4.78 is 5.25. The number of rotatable bonds is 6. The third-order valence-corrected chi connectivity index (χ3v) is 3.78. The van der Waals surface area contributed by atoms with Gasteiger partial charge in [-0.3, -0.25) is 4.79 Å². The molecule has 0 radical (unpaired) electrons. The number of methoxy groups -OCH3 is 1. The summed E-state index contributed by atoms with van der Waals surface area (Å²) in [6.07, 6.45) is 1.40. The lowest BCUT2D eigenvalue weighted by Crippen LogP contribution is -2.15. The molecule has 0 fully saturated rings. The highest BCUT2D eigenvalue weighted by Gasteiger charge is 2.13. The van der Waals surface area contributed by atoms with Gasteiger partial charge < -0.3 is 21.1 Å². The van der Waals surface area contributed by atoms with Crippen LogP contribution >= 0.6 is 0 Å². The van der Waals surface area contributed by atoms with Crippen LogP contribution in [0.2, 0.25) is 0 Å². The van der Waals surface area contributed by atoms with Crippen LogP contribution in [0.25, 0.3) is 0 Å². The summed E-state index contributed by atoms with van der Waals surface area (Å²) in [4.78, 5) is 20.3. The first-order valence-electron chi connectivity index (χ1n) is 7.97. The molecule has 7 nitrogen and oxygen atoms in total. The van der Waals surface area contributed by atoms with E-state index in [2.05, 4.69) is 20.6 Å². The molecular formula is C19H19N5O2. The molecule has 1 heterocycles. The molecule has 0 aliphatic heterocycles. The van der Waals surface area contributed by atoms with Gasteiger partial charge in [-0.15, -0.1) is 0 Å². The van der Waals surface area contributed by atoms with Crippen LogP contribution in [0.5, 0.6) is 5.75 Å². The van der Waals surface area contributed by atoms with Crippen molar-refractivity contribution in [3.8, 4) is 5.75 Å². The lowest BCUT2D eigenvalue weighted by molar-refractivity contribution is 0.100. The number of anilines is 4. The molecule has 0 saturated heterocycles. The number of para-hydroxylation sites is 1. The monoisotopic (exact) mass is 349 g/mol. The molecule has 1 aromatic heterocycles. The van der Waals surface area contributed by atoms with E-state index in [0.29, 0.717) is 11.8 Å². The summed E-state index contributed by atoms with van der Waals surface area (Å²) >= 11 is 0. The lowest BCUT2D eigenvalue weighted by Gasteiger charge is -2.13. The second-order valence-electron chi connectivity index (χ2n) is 5.62. The number of carbonyl (C=O) groups is 1. The first kappa shape index (κ1) is 17.2. The highest BCUT2D eigenvalue weighted by molar-refractivity contribution is 5.98. The number of ether oxygens (including phenoxy) is 1. The molecule has 0 atom stereocenters. The normalized spacial score (nSPS) is 10.2. The Bertz CT molecular complexity index is 928. The number of hydrogen-bond donors (Lipinski definition) is 3. The lowest BCUT2D eigenvalue weighted by atomic mass is 10.2. The molecular weight excluding hydrogens is 330 g/mol. The molecule has 26 heavy (non-hydrogen) atoms. The van der Waals surface area contributed by atoms with Gasteiger partial charge in [0.2, 0.25) is 5.95 Å². The van der Waals surface area contributed by atoms with Crippen LogP contribution in [-0.4, -0.2) is 23.0 Å². The molecule has 3 aromatic rings. The Morgan fingerprint density at radius 1 is 1.12 bits per heavy atom. The van der Waals surface area contributed by atoms with Gasteiger partial charge in [-0.2, -0.15) is 4.98 Å². The summed E-state index contributed by atoms with van der Waals surface area (Å²) in [5.74, 6) is 0.786. The topological polar surface area (TPSA) is 102 Å². The molecule has 0 unspecified atom stereocenters. The fourth-order valence-corrected chi connectivity index (χ4v) is 2.36. The number of nitrogens with two attached hydrogens (primary N) is 1. The van der Waals surface area contributed by atoms with Crippen molar-refractivity contribution < 1.29 is 9.53 Å². The van der Waals surface area contributed by atoms with Crippen molar-refractivity contribution in [2.24, 2.45) is 5.73 Å². The van der Waals surface area contributed by atoms with E-state index in [-0.39, 0.29) is 5.56 Å². The van der Waals surface area contributed by atoms with Gasteiger partial charge >= 0.3 is 0 Å². The Labute approximate surface area is 151 Å². The maximum atomic E-state index is 11.7. The number of aryl methyl sites for hydroxylation is 1. The van der Waals surface area contributed by atoms with Crippen LogP contribution in [0.3, 0.4) is 0 Å². The zero-order valence-corrected chi connectivity index (χ0v) is 14.5. The minimum Gasteiger partial charge on any atom is -0.497 e. The molecule has 0 aliphatic rings. The predicted molar refractivity (Wildman–Crippen MR) is 101 cm³/mol. The van der Waals surface area contributed by atoms with E-state index in [1.165, 1.54) is 6.20 Å². The number of nitrogens with zero attached hydrogens (tertiary/aromatic N) is 2. The summed E-state index contributed by atoms with van der Waals surface area (Å²) in [5.41, 5.74) is 8.25. The van der Waals surface area contributed by atoms with Crippen molar-refractivity contribution in [1.29, 1.82) is 0 Å². The number of hydrogen-bond acceptors (Lipinski definition) is 6. The Morgan fingerprint density at radius 2 is 1.88 bits per heavy atom. The van der Waals surface area contributed by atoms with Gasteiger partial charge in [0, 0.05) is 23.6 Å². The first-order chi connectivity index (χ1) is 12.6. The number of amides is 1. The summed E-state index contributed by atoms with van der Waals surface area (Å²) in [5, 5.41) is 6.25. The highest BCUT2D eigenvalue weighted by Crippen LogP contribution is 2.25. The summed E-state index contributed by atoms with van der Waals surface area (Å²) in [7, 11) is 1.61. The van der Waals surface area contributed by atoms with Crippen molar-refractivity contribution in [3.63, 3.8) is 0 Å². The number of aromatic nitrogens is 2. The zero-order valence-electron chi connectivity index (χ0n) is 14.5. The van der Waals surface area contributed by atoms with Gasteiger partial charge in [0.15, 0.2) is 0 Å². The minimum atomic E-state index is -0.604. The van der Waals surface area contributed by atoms with E-state index >= 15 is 0 Å². The van der Waals surface area contributed by atoms with Crippen LogP contribution < -0.4 is 21.1 Å². The maximum Gasteiger partial charge on any atom is 0.254 e. The van der Waals surface area contributed by atoms with Gasteiger partial charge in [-0.25, -0.2) is 4.98 Å². The second-order valence-corrected chi connectivity index (χ2v) is 5.62. The first-order valence-corrected chi connectivity index (χ1v) is 7.97.